The maximum Gasteiger partial charge on any atom is 0.270 e. The van der Waals surface area contributed by atoms with Crippen LogP contribution < -0.4 is 5.73 Å². The minimum atomic E-state index is -0.516. The van der Waals surface area contributed by atoms with Gasteiger partial charge in [-0.2, -0.15) is 0 Å². The number of rotatable bonds is 3. The molecular weight excluding hydrogens is 246 g/mol. The van der Waals surface area contributed by atoms with Crippen molar-refractivity contribution in [3.05, 3.63) is 33.9 Å². The molecule has 1 heterocycles. The highest BCUT2D eigenvalue weighted by molar-refractivity contribution is 6.00. The molecule has 102 valence electrons. The molecule has 2 rings (SSSR count). The second-order valence-electron chi connectivity index (χ2n) is 4.73. The summed E-state index contributed by atoms with van der Waals surface area (Å²) in [4.78, 5) is 24.5. The van der Waals surface area contributed by atoms with Gasteiger partial charge in [-0.3, -0.25) is 14.9 Å². The average molecular weight is 263 g/mol. The van der Waals surface area contributed by atoms with E-state index < -0.39 is 4.92 Å². The molecule has 1 unspecified atom stereocenters. The molecule has 1 aliphatic rings. The Morgan fingerprint density at radius 2 is 2.32 bits per heavy atom. The van der Waals surface area contributed by atoms with E-state index in [1.54, 1.807) is 4.90 Å². The molecule has 2 N–H and O–H groups in total. The van der Waals surface area contributed by atoms with Crippen molar-refractivity contribution in [2.45, 2.75) is 32.2 Å². The van der Waals surface area contributed by atoms with Crippen LogP contribution in [0.1, 0.15) is 36.5 Å². The van der Waals surface area contributed by atoms with Gasteiger partial charge in [0, 0.05) is 30.4 Å². The van der Waals surface area contributed by atoms with Gasteiger partial charge >= 0.3 is 0 Å². The zero-order valence-electron chi connectivity index (χ0n) is 10.8. The molecule has 0 aliphatic carbocycles. The predicted octanol–water partition coefficient (Wildman–Crippen LogP) is 2.19. The van der Waals surface area contributed by atoms with Crippen LogP contribution in [0.15, 0.2) is 18.2 Å². The van der Waals surface area contributed by atoms with Crippen LogP contribution in [-0.4, -0.2) is 28.3 Å². The fraction of sp³-hybridized carbons (Fsp3) is 0.462. The Bertz CT molecular complexity index is 516. The Labute approximate surface area is 111 Å². The molecule has 0 spiro atoms. The summed E-state index contributed by atoms with van der Waals surface area (Å²) in [5.74, 6) is -0.203. The van der Waals surface area contributed by atoms with Crippen LogP contribution in [0.25, 0.3) is 0 Å². The molecule has 1 aliphatic heterocycles. The molecule has 0 radical (unpaired) electrons. The van der Waals surface area contributed by atoms with Gasteiger partial charge in [0.15, 0.2) is 0 Å². The highest BCUT2D eigenvalue weighted by Crippen LogP contribution is 2.26. The minimum absolute atomic E-state index is 0.107. The van der Waals surface area contributed by atoms with Crippen molar-refractivity contribution in [2.75, 3.05) is 12.3 Å². The van der Waals surface area contributed by atoms with E-state index in [1.807, 2.05) is 6.92 Å². The summed E-state index contributed by atoms with van der Waals surface area (Å²) in [5.41, 5.74) is 6.19. The molecule has 19 heavy (non-hydrogen) atoms. The fourth-order valence-electron chi connectivity index (χ4n) is 2.53. The van der Waals surface area contributed by atoms with Crippen LogP contribution in [0.3, 0.4) is 0 Å². The van der Waals surface area contributed by atoms with Crippen molar-refractivity contribution in [1.82, 2.24) is 4.90 Å². The van der Waals surface area contributed by atoms with Crippen LogP contribution in [0.4, 0.5) is 11.4 Å². The molecule has 1 aromatic carbocycles. The molecule has 1 saturated heterocycles. The summed E-state index contributed by atoms with van der Waals surface area (Å²) in [6.07, 6.45) is 2.84. The lowest BCUT2D eigenvalue weighted by atomic mass is 10.1. The van der Waals surface area contributed by atoms with Crippen LogP contribution in [0.2, 0.25) is 0 Å². The molecule has 0 saturated carbocycles. The van der Waals surface area contributed by atoms with E-state index in [0.717, 1.165) is 19.3 Å². The lowest BCUT2D eigenvalue weighted by Gasteiger charge is -2.24. The fourth-order valence-corrected chi connectivity index (χ4v) is 2.53. The second-order valence-corrected chi connectivity index (χ2v) is 4.73. The normalized spacial score (nSPS) is 18.6. The van der Waals surface area contributed by atoms with Crippen LogP contribution in [-0.2, 0) is 0 Å². The zero-order valence-corrected chi connectivity index (χ0v) is 10.8. The molecule has 0 aromatic heterocycles. The van der Waals surface area contributed by atoms with Gasteiger partial charge < -0.3 is 10.6 Å². The van der Waals surface area contributed by atoms with E-state index in [2.05, 4.69) is 0 Å². The van der Waals surface area contributed by atoms with E-state index in [1.165, 1.54) is 18.2 Å². The van der Waals surface area contributed by atoms with E-state index >= 15 is 0 Å². The first-order chi connectivity index (χ1) is 9.04. The van der Waals surface area contributed by atoms with Gasteiger partial charge in [0.2, 0.25) is 0 Å². The maximum atomic E-state index is 12.4. The molecular formula is C13H17N3O3. The second kappa shape index (κ2) is 5.26. The van der Waals surface area contributed by atoms with E-state index in [4.69, 9.17) is 5.73 Å². The van der Waals surface area contributed by atoms with Crippen molar-refractivity contribution in [3.63, 3.8) is 0 Å². The number of anilines is 1. The molecule has 1 amide bonds. The molecule has 1 aromatic rings. The first-order valence-electron chi connectivity index (χ1n) is 6.39. The van der Waals surface area contributed by atoms with Crippen LogP contribution in [0.5, 0.6) is 0 Å². The summed E-state index contributed by atoms with van der Waals surface area (Å²) in [7, 11) is 0. The number of nitrogens with zero attached hydrogens (tertiary/aromatic N) is 2. The first kappa shape index (κ1) is 13.3. The Balaban J connectivity index is 2.32. The van der Waals surface area contributed by atoms with Gasteiger partial charge in [-0.1, -0.05) is 6.92 Å². The average Bonchev–Trinajstić information content (AvgIpc) is 2.86. The Morgan fingerprint density at radius 3 is 2.95 bits per heavy atom. The predicted molar refractivity (Wildman–Crippen MR) is 71.9 cm³/mol. The summed E-state index contributed by atoms with van der Waals surface area (Å²) in [6, 6.07) is 4.21. The number of nitrogen functional groups attached to an aromatic ring is 1. The molecule has 1 atom stereocenters. The van der Waals surface area contributed by atoms with Crippen LogP contribution in [0, 0.1) is 10.1 Å². The van der Waals surface area contributed by atoms with Crippen molar-refractivity contribution in [2.24, 2.45) is 0 Å². The number of nitro groups is 1. The molecule has 6 nitrogen and oxygen atoms in total. The highest BCUT2D eigenvalue weighted by atomic mass is 16.6. The maximum absolute atomic E-state index is 12.4. The lowest BCUT2D eigenvalue weighted by Crippen LogP contribution is -2.35. The van der Waals surface area contributed by atoms with Crippen molar-refractivity contribution in [3.8, 4) is 0 Å². The van der Waals surface area contributed by atoms with Crippen LogP contribution >= 0.6 is 0 Å². The van der Waals surface area contributed by atoms with Crippen molar-refractivity contribution >= 4 is 17.3 Å². The van der Waals surface area contributed by atoms with E-state index in [0.29, 0.717) is 6.54 Å². The number of hydrogen-bond acceptors (Lipinski definition) is 4. The summed E-state index contributed by atoms with van der Waals surface area (Å²) in [5, 5.41) is 10.8. The largest absolute Gasteiger partial charge is 0.398 e. The van der Waals surface area contributed by atoms with Gasteiger partial charge in [-0.15, -0.1) is 0 Å². The lowest BCUT2D eigenvalue weighted by molar-refractivity contribution is -0.384. The third kappa shape index (κ3) is 2.52. The van der Waals surface area contributed by atoms with Gasteiger partial charge in [0.25, 0.3) is 11.6 Å². The number of likely N-dealkylation sites (tertiary alicyclic amines) is 1. The SMILES string of the molecule is CCC1CCCN1C(=O)c1cc([N+](=O)[O-])ccc1N. The molecule has 0 bridgehead atoms. The highest BCUT2D eigenvalue weighted by Gasteiger charge is 2.29. The van der Waals surface area contributed by atoms with Gasteiger partial charge in [-0.05, 0) is 25.3 Å². The van der Waals surface area contributed by atoms with Gasteiger partial charge in [-0.25, -0.2) is 0 Å². The quantitative estimate of drug-likeness (QED) is 0.514. The molecule has 6 heteroatoms. The van der Waals surface area contributed by atoms with E-state index in [9.17, 15) is 14.9 Å². The molecule has 1 fully saturated rings. The van der Waals surface area contributed by atoms with Crippen molar-refractivity contribution in [1.29, 1.82) is 0 Å². The Hall–Kier alpha value is -2.11. The number of nitro benzene ring substituents is 1. The number of hydrogen-bond donors (Lipinski definition) is 1. The standard InChI is InChI=1S/C13H17N3O3/c1-2-9-4-3-7-15(9)13(17)11-8-10(16(18)19)5-6-12(11)14/h5-6,8-9H,2-4,7,14H2,1H3. The van der Waals surface area contributed by atoms with Crippen molar-refractivity contribution < 1.29 is 9.72 Å². The van der Waals surface area contributed by atoms with Gasteiger partial charge in [0.05, 0.1) is 10.5 Å². The number of amides is 1. The summed E-state index contributed by atoms with van der Waals surface area (Å²) in [6.45, 7) is 2.73. The Kier molecular flexibility index (Phi) is 3.69. The topological polar surface area (TPSA) is 89.5 Å². The summed E-state index contributed by atoms with van der Waals surface area (Å²) < 4.78 is 0. The number of carbonyl (C=O) groups is 1. The number of benzene rings is 1. The minimum Gasteiger partial charge on any atom is -0.398 e. The monoisotopic (exact) mass is 263 g/mol. The Morgan fingerprint density at radius 1 is 1.58 bits per heavy atom. The first-order valence-corrected chi connectivity index (χ1v) is 6.39. The zero-order chi connectivity index (χ0) is 14.0. The number of nitrogens with two attached hydrogens (primary N) is 1. The smallest absolute Gasteiger partial charge is 0.270 e. The summed E-state index contributed by atoms with van der Waals surface area (Å²) >= 11 is 0. The van der Waals surface area contributed by atoms with Gasteiger partial charge in [0.1, 0.15) is 0 Å². The number of carbonyl (C=O) groups excluding carboxylic acids is 1. The third-order valence-corrected chi connectivity index (χ3v) is 3.59. The third-order valence-electron chi connectivity index (χ3n) is 3.59. The number of non-ortho nitro benzene ring substituents is 1. The van der Waals surface area contributed by atoms with E-state index in [-0.39, 0.29) is 28.9 Å².